The number of rotatable bonds is 0. The van der Waals surface area contributed by atoms with Crippen LogP contribution in [0.3, 0.4) is 0 Å². The van der Waals surface area contributed by atoms with E-state index in [1.54, 1.807) is 0 Å². The average molecular weight is 170 g/mol. The Kier molecular flexibility index (Phi) is 2.37. The van der Waals surface area contributed by atoms with Crippen LogP contribution in [0.4, 0.5) is 0 Å². The highest BCUT2D eigenvalue weighted by Crippen LogP contribution is 2.40. The fourth-order valence-corrected chi connectivity index (χ4v) is 2.89. The summed E-state index contributed by atoms with van der Waals surface area (Å²) in [6, 6.07) is 0. The molecular weight excluding hydrogens is 152 g/mol. The minimum Gasteiger partial charge on any atom is -0.390 e. The Balaban J connectivity index is 2.03. The van der Waals surface area contributed by atoms with Gasteiger partial charge >= 0.3 is 0 Å². The fourth-order valence-electron chi connectivity index (χ4n) is 2.89. The molecule has 2 aliphatic carbocycles. The van der Waals surface area contributed by atoms with E-state index in [2.05, 4.69) is 0 Å². The van der Waals surface area contributed by atoms with Gasteiger partial charge in [0.2, 0.25) is 0 Å². The van der Waals surface area contributed by atoms with Crippen LogP contribution < -0.4 is 0 Å². The van der Waals surface area contributed by atoms with Gasteiger partial charge in [-0.2, -0.15) is 0 Å². The van der Waals surface area contributed by atoms with E-state index in [0.29, 0.717) is 11.8 Å². The van der Waals surface area contributed by atoms with Crippen molar-refractivity contribution in [1.82, 2.24) is 0 Å². The van der Waals surface area contributed by atoms with Crippen LogP contribution in [-0.2, 0) is 0 Å². The smallest absolute Gasteiger partial charge is 0.0829 e. The molecule has 2 fully saturated rings. The molecule has 0 radical (unpaired) electrons. The van der Waals surface area contributed by atoms with Crippen LogP contribution in [0.1, 0.15) is 38.5 Å². The second-order valence-electron chi connectivity index (χ2n) is 4.34. The Morgan fingerprint density at radius 3 is 2.42 bits per heavy atom. The van der Waals surface area contributed by atoms with Gasteiger partial charge in [0.15, 0.2) is 0 Å². The molecule has 2 heteroatoms. The van der Waals surface area contributed by atoms with Gasteiger partial charge in [0.1, 0.15) is 0 Å². The molecule has 2 aliphatic rings. The lowest BCUT2D eigenvalue weighted by molar-refractivity contribution is -0.0785. The van der Waals surface area contributed by atoms with Crippen LogP contribution in [-0.4, -0.2) is 22.4 Å². The minimum atomic E-state index is -0.440. The van der Waals surface area contributed by atoms with Crippen molar-refractivity contribution in [1.29, 1.82) is 0 Å². The summed E-state index contributed by atoms with van der Waals surface area (Å²) in [5.74, 6) is 1.11. The van der Waals surface area contributed by atoms with Crippen LogP contribution in [0, 0.1) is 11.8 Å². The lowest BCUT2D eigenvalue weighted by Gasteiger charge is -2.41. The molecule has 0 aromatic carbocycles. The van der Waals surface area contributed by atoms with Crippen molar-refractivity contribution in [2.24, 2.45) is 11.8 Å². The van der Waals surface area contributed by atoms with Crippen LogP contribution in [0.5, 0.6) is 0 Å². The molecule has 12 heavy (non-hydrogen) atoms. The summed E-state index contributed by atoms with van der Waals surface area (Å²) in [6.07, 6.45) is 6.03. The molecule has 4 atom stereocenters. The highest BCUT2D eigenvalue weighted by molar-refractivity contribution is 4.89. The second-order valence-corrected chi connectivity index (χ2v) is 4.34. The Labute approximate surface area is 73.6 Å². The van der Waals surface area contributed by atoms with E-state index in [1.165, 1.54) is 19.3 Å². The molecule has 2 rings (SSSR count). The predicted octanol–water partition coefficient (Wildman–Crippen LogP) is 1.31. The molecule has 0 aliphatic heterocycles. The third-order valence-corrected chi connectivity index (χ3v) is 3.63. The lowest BCUT2D eigenvalue weighted by atomic mass is 9.68. The molecule has 2 N–H and O–H groups in total. The first-order chi connectivity index (χ1) is 5.79. The zero-order chi connectivity index (χ0) is 8.55. The van der Waals surface area contributed by atoms with Gasteiger partial charge in [0, 0.05) is 0 Å². The van der Waals surface area contributed by atoms with Gasteiger partial charge in [0.25, 0.3) is 0 Å². The SMILES string of the molecule is OC1CCC2CCCCC2C1O. The van der Waals surface area contributed by atoms with Crippen molar-refractivity contribution < 1.29 is 10.2 Å². The molecule has 4 unspecified atom stereocenters. The Morgan fingerprint density at radius 1 is 0.833 bits per heavy atom. The molecule has 0 aromatic rings. The van der Waals surface area contributed by atoms with Gasteiger partial charge in [-0.3, -0.25) is 0 Å². The summed E-state index contributed by atoms with van der Waals surface area (Å²) in [5, 5.41) is 19.2. The summed E-state index contributed by atoms with van der Waals surface area (Å²) < 4.78 is 0. The van der Waals surface area contributed by atoms with Gasteiger partial charge in [0.05, 0.1) is 12.2 Å². The third-order valence-electron chi connectivity index (χ3n) is 3.63. The quantitative estimate of drug-likeness (QED) is 0.575. The topological polar surface area (TPSA) is 40.5 Å². The van der Waals surface area contributed by atoms with Gasteiger partial charge < -0.3 is 10.2 Å². The van der Waals surface area contributed by atoms with Gasteiger partial charge in [-0.25, -0.2) is 0 Å². The monoisotopic (exact) mass is 170 g/mol. The van der Waals surface area contributed by atoms with Gasteiger partial charge in [-0.15, -0.1) is 0 Å². The Bertz CT molecular complexity index is 156. The van der Waals surface area contributed by atoms with Crippen LogP contribution in [0.2, 0.25) is 0 Å². The molecule has 0 spiro atoms. The first-order valence-corrected chi connectivity index (χ1v) is 5.15. The molecule has 0 saturated heterocycles. The standard InChI is InChI=1S/C10H18O2/c11-9-6-5-7-3-1-2-4-8(7)10(9)12/h7-12H,1-6H2. The van der Waals surface area contributed by atoms with Crippen molar-refractivity contribution in [2.75, 3.05) is 0 Å². The van der Waals surface area contributed by atoms with E-state index in [-0.39, 0.29) is 0 Å². The fraction of sp³-hybridized carbons (Fsp3) is 1.00. The number of fused-ring (bicyclic) bond motifs is 1. The molecule has 70 valence electrons. The van der Waals surface area contributed by atoms with Gasteiger partial charge in [-0.05, 0) is 31.1 Å². The summed E-state index contributed by atoms with van der Waals surface area (Å²) in [6.45, 7) is 0. The maximum Gasteiger partial charge on any atom is 0.0829 e. The minimum absolute atomic E-state index is 0.405. The first-order valence-electron chi connectivity index (χ1n) is 5.15. The van der Waals surface area contributed by atoms with Gasteiger partial charge in [-0.1, -0.05) is 19.3 Å². The maximum absolute atomic E-state index is 9.72. The summed E-state index contributed by atoms with van der Waals surface area (Å²) in [4.78, 5) is 0. The molecule has 0 heterocycles. The third kappa shape index (κ3) is 1.38. The number of hydrogen-bond donors (Lipinski definition) is 2. The molecular formula is C10H18O2. The molecule has 2 saturated carbocycles. The van der Waals surface area contributed by atoms with E-state index in [4.69, 9.17) is 0 Å². The normalized spacial score (nSPS) is 48.5. The summed E-state index contributed by atoms with van der Waals surface area (Å²) in [5.41, 5.74) is 0. The predicted molar refractivity (Wildman–Crippen MR) is 46.7 cm³/mol. The van der Waals surface area contributed by atoms with E-state index in [9.17, 15) is 10.2 Å². The number of aliphatic hydroxyl groups is 2. The molecule has 2 nitrogen and oxygen atoms in total. The van der Waals surface area contributed by atoms with Crippen LogP contribution in [0.15, 0.2) is 0 Å². The molecule has 0 amide bonds. The number of hydrogen-bond acceptors (Lipinski definition) is 2. The van der Waals surface area contributed by atoms with E-state index in [0.717, 1.165) is 19.3 Å². The van der Waals surface area contributed by atoms with Crippen molar-refractivity contribution in [3.05, 3.63) is 0 Å². The summed E-state index contributed by atoms with van der Waals surface area (Å²) in [7, 11) is 0. The van der Waals surface area contributed by atoms with Crippen LogP contribution in [0.25, 0.3) is 0 Å². The van der Waals surface area contributed by atoms with E-state index >= 15 is 0 Å². The second kappa shape index (κ2) is 3.35. The van der Waals surface area contributed by atoms with E-state index < -0.39 is 12.2 Å². The highest BCUT2D eigenvalue weighted by Gasteiger charge is 2.38. The Hall–Kier alpha value is -0.0800. The van der Waals surface area contributed by atoms with Crippen LogP contribution >= 0.6 is 0 Å². The maximum atomic E-state index is 9.72. The largest absolute Gasteiger partial charge is 0.390 e. The van der Waals surface area contributed by atoms with Crippen molar-refractivity contribution in [3.63, 3.8) is 0 Å². The van der Waals surface area contributed by atoms with Crippen molar-refractivity contribution in [2.45, 2.75) is 50.7 Å². The average Bonchev–Trinajstić information content (AvgIpc) is 2.12. The molecule has 0 aromatic heterocycles. The Morgan fingerprint density at radius 2 is 1.58 bits per heavy atom. The molecule has 0 bridgehead atoms. The highest BCUT2D eigenvalue weighted by atomic mass is 16.3. The number of aliphatic hydroxyl groups excluding tert-OH is 2. The zero-order valence-corrected chi connectivity index (χ0v) is 7.45. The van der Waals surface area contributed by atoms with Crippen molar-refractivity contribution in [3.8, 4) is 0 Å². The van der Waals surface area contributed by atoms with E-state index in [1.807, 2.05) is 0 Å². The lowest BCUT2D eigenvalue weighted by Crippen LogP contribution is -2.43. The first kappa shape index (κ1) is 8.52. The summed E-state index contributed by atoms with van der Waals surface area (Å²) >= 11 is 0. The zero-order valence-electron chi connectivity index (χ0n) is 7.45. The van der Waals surface area contributed by atoms with Crippen molar-refractivity contribution >= 4 is 0 Å².